The van der Waals surface area contributed by atoms with Gasteiger partial charge in [0.05, 0.1) is 7.11 Å². The van der Waals surface area contributed by atoms with Crippen molar-refractivity contribution in [1.29, 1.82) is 0 Å². The molecule has 66 valence electrons. The molecule has 0 aliphatic carbocycles. The van der Waals surface area contributed by atoms with Crippen LogP contribution in [0.4, 0.5) is 0 Å². The number of aryl methyl sites for hydroxylation is 1. The highest BCUT2D eigenvalue weighted by Gasteiger charge is 1.99. The fraction of sp³-hybridized carbons (Fsp3) is 0.400. The van der Waals surface area contributed by atoms with Crippen molar-refractivity contribution in [2.24, 2.45) is 0 Å². The van der Waals surface area contributed by atoms with Gasteiger partial charge < -0.3 is 4.74 Å². The number of para-hydroxylation sites is 1. The van der Waals surface area contributed by atoms with Crippen molar-refractivity contribution < 1.29 is 4.74 Å². The van der Waals surface area contributed by atoms with Gasteiger partial charge in [-0.3, -0.25) is 0 Å². The van der Waals surface area contributed by atoms with E-state index in [2.05, 4.69) is 18.7 Å². The quantitative estimate of drug-likeness (QED) is 0.704. The monoisotopic (exact) mass is 182 g/mol. The third kappa shape index (κ3) is 2.45. The number of rotatable bonds is 4. The van der Waals surface area contributed by atoms with Crippen molar-refractivity contribution in [2.75, 3.05) is 12.9 Å². The van der Waals surface area contributed by atoms with Crippen molar-refractivity contribution in [2.45, 2.75) is 12.8 Å². The summed E-state index contributed by atoms with van der Waals surface area (Å²) in [5, 5.41) is 0. The fourth-order valence-corrected chi connectivity index (χ4v) is 1.34. The predicted molar refractivity (Wildman–Crippen MR) is 55.2 cm³/mol. The molecule has 0 aromatic heterocycles. The molecule has 0 N–H and O–H groups in total. The Morgan fingerprint density at radius 1 is 1.33 bits per heavy atom. The normalized spacial score (nSPS) is 9.83. The maximum absolute atomic E-state index is 5.22. The van der Waals surface area contributed by atoms with Gasteiger partial charge in [0, 0.05) is 0 Å². The lowest BCUT2D eigenvalue weighted by molar-refractivity contribution is 0.409. The van der Waals surface area contributed by atoms with Crippen molar-refractivity contribution in [3.63, 3.8) is 0 Å². The van der Waals surface area contributed by atoms with E-state index in [1.54, 1.807) is 7.11 Å². The SMILES string of the molecule is COc1ccccc1CCCS. The highest BCUT2D eigenvalue weighted by atomic mass is 32.1. The van der Waals surface area contributed by atoms with Crippen molar-refractivity contribution in [3.05, 3.63) is 29.8 Å². The Kier molecular flexibility index (Phi) is 4.01. The summed E-state index contributed by atoms with van der Waals surface area (Å²) in [6.07, 6.45) is 2.15. The summed E-state index contributed by atoms with van der Waals surface area (Å²) in [4.78, 5) is 0. The third-order valence-corrected chi connectivity index (χ3v) is 2.11. The molecule has 0 aliphatic heterocycles. The lowest BCUT2D eigenvalue weighted by atomic mass is 10.1. The third-order valence-electron chi connectivity index (χ3n) is 1.80. The van der Waals surface area contributed by atoms with Crippen LogP contribution in [0.25, 0.3) is 0 Å². The molecular formula is C10H14OS. The Morgan fingerprint density at radius 3 is 2.75 bits per heavy atom. The van der Waals surface area contributed by atoms with E-state index >= 15 is 0 Å². The number of benzene rings is 1. The minimum atomic E-state index is 0.929. The molecule has 1 rings (SSSR count). The lowest BCUT2D eigenvalue weighted by Crippen LogP contribution is -1.92. The average Bonchev–Trinajstić information content (AvgIpc) is 2.15. The number of hydrogen-bond donors (Lipinski definition) is 1. The second kappa shape index (κ2) is 5.09. The fourth-order valence-electron chi connectivity index (χ4n) is 1.18. The molecule has 0 atom stereocenters. The smallest absolute Gasteiger partial charge is 0.122 e. The molecule has 1 aromatic rings. The second-order valence-electron chi connectivity index (χ2n) is 2.64. The number of thiol groups is 1. The van der Waals surface area contributed by atoms with Crippen LogP contribution in [0.3, 0.4) is 0 Å². The maximum Gasteiger partial charge on any atom is 0.122 e. The molecule has 0 saturated carbocycles. The van der Waals surface area contributed by atoms with Crippen LogP contribution in [0.15, 0.2) is 24.3 Å². The number of hydrogen-bond acceptors (Lipinski definition) is 2. The zero-order chi connectivity index (χ0) is 8.81. The number of methoxy groups -OCH3 is 1. The Balaban J connectivity index is 2.68. The molecule has 0 amide bonds. The summed E-state index contributed by atoms with van der Waals surface area (Å²) >= 11 is 4.17. The molecule has 0 saturated heterocycles. The van der Waals surface area contributed by atoms with Crippen molar-refractivity contribution in [3.8, 4) is 5.75 Å². The molecule has 2 heteroatoms. The van der Waals surface area contributed by atoms with E-state index < -0.39 is 0 Å². The van der Waals surface area contributed by atoms with Crippen LogP contribution < -0.4 is 4.74 Å². The first-order valence-corrected chi connectivity index (χ1v) is 4.74. The minimum absolute atomic E-state index is 0.929. The van der Waals surface area contributed by atoms with Crippen LogP contribution in [-0.4, -0.2) is 12.9 Å². The van der Waals surface area contributed by atoms with Crippen LogP contribution in [-0.2, 0) is 6.42 Å². The van der Waals surface area contributed by atoms with Crippen LogP contribution >= 0.6 is 12.6 Å². The molecule has 0 fully saturated rings. The summed E-state index contributed by atoms with van der Waals surface area (Å²) in [5.74, 6) is 1.91. The average molecular weight is 182 g/mol. The lowest BCUT2D eigenvalue weighted by Gasteiger charge is -2.06. The van der Waals surface area contributed by atoms with E-state index in [1.165, 1.54) is 5.56 Å². The molecule has 0 bridgehead atoms. The number of ether oxygens (including phenoxy) is 1. The van der Waals surface area contributed by atoms with E-state index in [4.69, 9.17) is 4.74 Å². The first-order chi connectivity index (χ1) is 5.88. The van der Waals surface area contributed by atoms with Gasteiger partial charge in [-0.05, 0) is 30.2 Å². The predicted octanol–water partition coefficient (Wildman–Crippen LogP) is 2.56. The summed E-state index contributed by atoms with van der Waals surface area (Å²) in [7, 11) is 1.71. The van der Waals surface area contributed by atoms with Crippen LogP contribution in [0, 0.1) is 0 Å². The minimum Gasteiger partial charge on any atom is -0.496 e. The summed E-state index contributed by atoms with van der Waals surface area (Å²) < 4.78 is 5.22. The Labute approximate surface area is 79.2 Å². The van der Waals surface area contributed by atoms with Gasteiger partial charge >= 0.3 is 0 Å². The topological polar surface area (TPSA) is 9.23 Å². The van der Waals surface area contributed by atoms with Crippen LogP contribution in [0.2, 0.25) is 0 Å². The van der Waals surface area contributed by atoms with E-state index in [0.29, 0.717) is 0 Å². The van der Waals surface area contributed by atoms with Gasteiger partial charge in [-0.1, -0.05) is 18.2 Å². The molecule has 0 unspecified atom stereocenters. The zero-order valence-electron chi connectivity index (χ0n) is 7.29. The Morgan fingerprint density at radius 2 is 2.08 bits per heavy atom. The standard InChI is InChI=1S/C10H14OS/c1-11-10-7-3-2-5-9(10)6-4-8-12/h2-3,5,7,12H,4,6,8H2,1H3. The van der Waals surface area contributed by atoms with E-state index in [9.17, 15) is 0 Å². The largest absolute Gasteiger partial charge is 0.496 e. The van der Waals surface area contributed by atoms with E-state index in [1.807, 2.05) is 18.2 Å². The first kappa shape index (κ1) is 9.46. The molecule has 1 nitrogen and oxygen atoms in total. The Bertz CT molecular complexity index is 235. The summed E-state index contributed by atoms with van der Waals surface area (Å²) in [5.41, 5.74) is 1.27. The molecule has 0 aliphatic rings. The van der Waals surface area contributed by atoms with Gasteiger partial charge in [0.25, 0.3) is 0 Å². The molecule has 1 aromatic carbocycles. The van der Waals surface area contributed by atoms with E-state index in [0.717, 1.165) is 24.3 Å². The van der Waals surface area contributed by atoms with Crippen LogP contribution in [0.1, 0.15) is 12.0 Å². The summed E-state index contributed by atoms with van der Waals surface area (Å²) in [6, 6.07) is 8.12. The molecular weight excluding hydrogens is 168 g/mol. The second-order valence-corrected chi connectivity index (χ2v) is 3.09. The molecule has 0 radical (unpaired) electrons. The highest BCUT2D eigenvalue weighted by Crippen LogP contribution is 2.18. The Hall–Kier alpha value is -0.630. The van der Waals surface area contributed by atoms with Crippen LogP contribution in [0.5, 0.6) is 5.75 Å². The summed E-state index contributed by atoms with van der Waals surface area (Å²) in [6.45, 7) is 0. The highest BCUT2D eigenvalue weighted by molar-refractivity contribution is 7.80. The zero-order valence-corrected chi connectivity index (χ0v) is 8.18. The molecule has 0 spiro atoms. The molecule has 0 heterocycles. The van der Waals surface area contributed by atoms with E-state index in [-0.39, 0.29) is 0 Å². The van der Waals surface area contributed by atoms with Gasteiger partial charge in [-0.2, -0.15) is 12.6 Å². The van der Waals surface area contributed by atoms with Gasteiger partial charge in [0.2, 0.25) is 0 Å². The molecule has 12 heavy (non-hydrogen) atoms. The van der Waals surface area contributed by atoms with Gasteiger partial charge in [0.15, 0.2) is 0 Å². The van der Waals surface area contributed by atoms with Crippen molar-refractivity contribution in [1.82, 2.24) is 0 Å². The first-order valence-electron chi connectivity index (χ1n) is 4.11. The van der Waals surface area contributed by atoms with Gasteiger partial charge in [-0.25, -0.2) is 0 Å². The maximum atomic E-state index is 5.22. The van der Waals surface area contributed by atoms with Gasteiger partial charge in [-0.15, -0.1) is 0 Å². The van der Waals surface area contributed by atoms with Gasteiger partial charge in [0.1, 0.15) is 5.75 Å². The van der Waals surface area contributed by atoms with Crippen molar-refractivity contribution >= 4 is 12.6 Å².